The second-order valence-electron chi connectivity index (χ2n) is 5.85. The molecule has 1 heterocycles. The Kier molecular flexibility index (Phi) is 5.95. The van der Waals surface area contributed by atoms with Crippen LogP contribution in [-0.2, 0) is 0 Å². The minimum Gasteiger partial charge on any atom is -0.335 e. The highest BCUT2D eigenvalue weighted by Crippen LogP contribution is 2.12. The van der Waals surface area contributed by atoms with Gasteiger partial charge in [-0.1, -0.05) is 6.92 Å². The first-order valence-electron chi connectivity index (χ1n) is 7.99. The number of hydrogen-bond donors (Lipinski definition) is 2. The molecule has 0 unspecified atom stereocenters. The first kappa shape index (κ1) is 16.5. The van der Waals surface area contributed by atoms with Crippen molar-refractivity contribution in [3.8, 4) is 0 Å². The maximum atomic E-state index is 12.0. The van der Waals surface area contributed by atoms with Crippen molar-refractivity contribution < 1.29 is 9.59 Å². The standard InChI is InChI=1S/C17H25N3O2/c1-3-10-20-11-8-16(9-12-20)19-17(22)18-15-6-4-14(5-7-15)13(2)21/h4-7,16H,3,8-12H2,1-2H3,(H2,18,19,22). The van der Waals surface area contributed by atoms with E-state index in [4.69, 9.17) is 0 Å². The Balaban J connectivity index is 1.77. The van der Waals surface area contributed by atoms with Gasteiger partial charge in [-0.3, -0.25) is 4.79 Å². The summed E-state index contributed by atoms with van der Waals surface area (Å²) in [5.41, 5.74) is 1.35. The van der Waals surface area contributed by atoms with Crippen molar-refractivity contribution in [3.63, 3.8) is 0 Å². The van der Waals surface area contributed by atoms with Gasteiger partial charge < -0.3 is 15.5 Å². The van der Waals surface area contributed by atoms with Crippen molar-refractivity contribution in [3.05, 3.63) is 29.8 Å². The maximum absolute atomic E-state index is 12.0. The predicted octanol–water partition coefficient (Wildman–Crippen LogP) is 2.89. The molecule has 5 heteroatoms. The summed E-state index contributed by atoms with van der Waals surface area (Å²) < 4.78 is 0. The van der Waals surface area contributed by atoms with Crippen LogP contribution in [-0.4, -0.2) is 42.4 Å². The number of piperidine rings is 1. The Morgan fingerprint density at radius 3 is 2.36 bits per heavy atom. The number of amides is 2. The molecule has 0 radical (unpaired) electrons. The number of hydrogen-bond acceptors (Lipinski definition) is 3. The summed E-state index contributed by atoms with van der Waals surface area (Å²) in [6.45, 7) is 6.95. The molecule has 0 atom stereocenters. The Labute approximate surface area is 132 Å². The number of nitrogens with zero attached hydrogens (tertiary/aromatic N) is 1. The van der Waals surface area contributed by atoms with Crippen molar-refractivity contribution in [2.45, 2.75) is 39.2 Å². The van der Waals surface area contributed by atoms with Gasteiger partial charge in [-0.25, -0.2) is 4.79 Å². The fraction of sp³-hybridized carbons (Fsp3) is 0.529. The molecule has 1 fully saturated rings. The topological polar surface area (TPSA) is 61.4 Å². The average molecular weight is 303 g/mol. The highest BCUT2D eigenvalue weighted by molar-refractivity contribution is 5.95. The summed E-state index contributed by atoms with van der Waals surface area (Å²) >= 11 is 0. The number of likely N-dealkylation sites (tertiary alicyclic amines) is 1. The molecular weight excluding hydrogens is 278 g/mol. The van der Waals surface area contributed by atoms with Gasteiger partial charge in [0.25, 0.3) is 0 Å². The van der Waals surface area contributed by atoms with Crippen molar-refractivity contribution >= 4 is 17.5 Å². The highest BCUT2D eigenvalue weighted by Gasteiger charge is 2.19. The van der Waals surface area contributed by atoms with Gasteiger partial charge in [0, 0.05) is 30.4 Å². The lowest BCUT2D eigenvalue weighted by Crippen LogP contribution is -2.46. The summed E-state index contributed by atoms with van der Waals surface area (Å²) in [6, 6.07) is 7.01. The summed E-state index contributed by atoms with van der Waals surface area (Å²) in [5, 5.41) is 5.84. The molecule has 2 N–H and O–H groups in total. The van der Waals surface area contributed by atoms with E-state index in [1.807, 2.05) is 0 Å². The summed E-state index contributed by atoms with van der Waals surface area (Å²) in [4.78, 5) is 25.7. The number of ketones is 1. The molecule has 0 saturated carbocycles. The minimum atomic E-state index is -0.176. The molecule has 5 nitrogen and oxygen atoms in total. The smallest absolute Gasteiger partial charge is 0.319 e. The molecule has 1 aromatic rings. The van der Waals surface area contributed by atoms with Crippen molar-refractivity contribution in [1.29, 1.82) is 0 Å². The van der Waals surface area contributed by atoms with Gasteiger partial charge in [-0.2, -0.15) is 0 Å². The number of carbonyl (C=O) groups excluding carboxylic acids is 2. The highest BCUT2D eigenvalue weighted by atomic mass is 16.2. The Morgan fingerprint density at radius 2 is 1.82 bits per heavy atom. The molecule has 0 bridgehead atoms. The fourth-order valence-electron chi connectivity index (χ4n) is 2.76. The van der Waals surface area contributed by atoms with Gasteiger partial charge in [-0.15, -0.1) is 0 Å². The maximum Gasteiger partial charge on any atom is 0.319 e. The number of nitrogens with one attached hydrogen (secondary N) is 2. The van der Waals surface area contributed by atoms with Crippen LogP contribution in [0.5, 0.6) is 0 Å². The molecule has 22 heavy (non-hydrogen) atoms. The van der Waals surface area contributed by atoms with Gasteiger partial charge in [-0.05, 0) is 57.0 Å². The van der Waals surface area contributed by atoms with Crippen molar-refractivity contribution in [2.75, 3.05) is 25.0 Å². The van der Waals surface area contributed by atoms with E-state index < -0.39 is 0 Å². The number of rotatable bonds is 5. The van der Waals surface area contributed by atoms with Crippen LogP contribution in [0.1, 0.15) is 43.5 Å². The van der Waals surface area contributed by atoms with E-state index >= 15 is 0 Å². The van der Waals surface area contributed by atoms with E-state index in [0.29, 0.717) is 11.3 Å². The van der Waals surface area contributed by atoms with E-state index in [0.717, 1.165) is 32.5 Å². The molecule has 0 spiro atoms. The van der Waals surface area contributed by atoms with Crippen LogP contribution in [0, 0.1) is 0 Å². The van der Waals surface area contributed by atoms with Gasteiger partial charge in [0.1, 0.15) is 0 Å². The molecular formula is C17H25N3O2. The Hall–Kier alpha value is -1.88. The lowest BCUT2D eigenvalue weighted by atomic mass is 10.1. The van der Waals surface area contributed by atoms with Crippen LogP contribution in [0.2, 0.25) is 0 Å². The van der Waals surface area contributed by atoms with Gasteiger partial charge in [0.2, 0.25) is 0 Å². The summed E-state index contributed by atoms with van der Waals surface area (Å²) in [7, 11) is 0. The minimum absolute atomic E-state index is 0.0230. The quantitative estimate of drug-likeness (QED) is 0.822. The normalized spacial score (nSPS) is 16.3. The number of Topliss-reactive ketones (excluding diaryl/α,β-unsaturated/α-hetero) is 1. The first-order valence-corrected chi connectivity index (χ1v) is 7.99. The van der Waals surface area contributed by atoms with Crippen LogP contribution < -0.4 is 10.6 Å². The zero-order valence-corrected chi connectivity index (χ0v) is 13.4. The largest absolute Gasteiger partial charge is 0.335 e. The third kappa shape index (κ3) is 4.84. The second kappa shape index (κ2) is 7.94. The van der Waals surface area contributed by atoms with Crippen LogP contribution in [0.15, 0.2) is 24.3 Å². The van der Waals surface area contributed by atoms with Crippen LogP contribution in [0.4, 0.5) is 10.5 Å². The first-order chi connectivity index (χ1) is 10.6. The third-order valence-corrected chi connectivity index (χ3v) is 4.01. The van der Waals surface area contributed by atoms with E-state index in [1.165, 1.54) is 13.3 Å². The van der Waals surface area contributed by atoms with Crippen LogP contribution >= 0.6 is 0 Å². The number of anilines is 1. The molecule has 2 amide bonds. The third-order valence-electron chi connectivity index (χ3n) is 4.01. The molecule has 1 saturated heterocycles. The molecule has 0 aliphatic carbocycles. The van der Waals surface area contributed by atoms with Crippen LogP contribution in [0.3, 0.4) is 0 Å². The average Bonchev–Trinajstić information content (AvgIpc) is 2.50. The molecule has 1 aromatic carbocycles. The van der Waals surface area contributed by atoms with Gasteiger partial charge in [0.15, 0.2) is 5.78 Å². The van der Waals surface area contributed by atoms with E-state index in [9.17, 15) is 9.59 Å². The lowest BCUT2D eigenvalue weighted by Gasteiger charge is -2.32. The zero-order chi connectivity index (χ0) is 15.9. The number of urea groups is 1. The predicted molar refractivity (Wildman–Crippen MR) is 88.4 cm³/mol. The molecule has 2 rings (SSSR count). The van der Waals surface area contributed by atoms with Crippen molar-refractivity contribution in [1.82, 2.24) is 10.2 Å². The number of benzene rings is 1. The summed E-state index contributed by atoms with van der Waals surface area (Å²) in [6.07, 6.45) is 3.17. The Morgan fingerprint density at radius 1 is 1.18 bits per heavy atom. The summed E-state index contributed by atoms with van der Waals surface area (Å²) in [5.74, 6) is 0.0230. The fourth-order valence-corrected chi connectivity index (χ4v) is 2.76. The van der Waals surface area contributed by atoms with Crippen LogP contribution in [0.25, 0.3) is 0 Å². The molecule has 120 valence electrons. The second-order valence-corrected chi connectivity index (χ2v) is 5.85. The monoisotopic (exact) mass is 303 g/mol. The molecule has 1 aliphatic rings. The number of carbonyl (C=O) groups is 2. The zero-order valence-electron chi connectivity index (χ0n) is 13.4. The molecule has 1 aliphatic heterocycles. The van der Waals surface area contributed by atoms with Crippen molar-refractivity contribution in [2.24, 2.45) is 0 Å². The van der Waals surface area contributed by atoms with Gasteiger partial charge in [0.05, 0.1) is 0 Å². The van der Waals surface area contributed by atoms with E-state index in [1.54, 1.807) is 24.3 Å². The van der Waals surface area contributed by atoms with E-state index in [-0.39, 0.29) is 17.9 Å². The molecule has 0 aromatic heterocycles. The Bertz CT molecular complexity index is 505. The lowest BCUT2D eigenvalue weighted by molar-refractivity contribution is 0.101. The van der Waals surface area contributed by atoms with E-state index in [2.05, 4.69) is 22.5 Å². The van der Waals surface area contributed by atoms with Gasteiger partial charge >= 0.3 is 6.03 Å². The SMILES string of the molecule is CCCN1CCC(NC(=O)Nc2ccc(C(C)=O)cc2)CC1.